The van der Waals surface area contributed by atoms with E-state index in [0.717, 1.165) is 15.8 Å². The summed E-state index contributed by atoms with van der Waals surface area (Å²) in [6.45, 7) is 3.99. The molecule has 156 valence electrons. The van der Waals surface area contributed by atoms with Crippen LogP contribution in [-0.4, -0.2) is 25.0 Å². The maximum absolute atomic E-state index is 13.5. The summed E-state index contributed by atoms with van der Waals surface area (Å²) < 4.78 is 2.43. The van der Waals surface area contributed by atoms with Crippen molar-refractivity contribution in [2.24, 2.45) is 5.73 Å². The first-order chi connectivity index (χ1) is 14.9. The van der Waals surface area contributed by atoms with Gasteiger partial charge < -0.3 is 5.73 Å². The predicted octanol–water partition coefficient (Wildman–Crippen LogP) is 2.15. The Morgan fingerprint density at radius 3 is 2.58 bits per heavy atom. The Kier molecular flexibility index (Phi) is 5.21. The second-order valence-corrected chi connectivity index (χ2v) is 7.45. The molecule has 4 rings (SSSR count). The van der Waals surface area contributed by atoms with E-state index in [1.165, 1.54) is 16.8 Å². The van der Waals surface area contributed by atoms with Crippen LogP contribution in [0.1, 0.15) is 34.5 Å². The van der Waals surface area contributed by atoms with Gasteiger partial charge in [0, 0.05) is 30.6 Å². The second-order valence-electron chi connectivity index (χ2n) is 7.45. The lowest BCUT2D eigenvalue weighted by molar-refractivity contribution is 0.100. The molecular weight excluding hydrogens is 394 g/mol. The molecule has 0 radical (unpaired) electrons. The van der Waals surface area contributed by atoms with Crippen molar-refractivity contribution in [2.75, 3.05) is 0 Å². The van der Waals surface area contributed by atoms with Crippen LogP contribution in [-0.2, 0) is 6.54 Å². The molecule has 0 aliphatic heterocycles. The van der Waals surface area contributed by atoms with E-state index < -0.39 is 17.2 Å². The van der Waals surface area contributed by atoms with Crippen LogP contribution >= 0.6 is 0 Å². The predicted molar refractivity (Wildman–Crippen MR) is 118 cm³/mol. The Bertz CT molecular complexity index is 1420. The molecule has 1 aromatic carbocycles. The van der Waals surface area contributed by atoms with E-state index in [1.54, 1.807) is 36.5 Å². The number of aryl methyl sites for hydroxylation is 1. The zero-order chi connectivity index (χ0) is 22.1. The van der Waals surface area contributed by atoms with Gasteiger partial charge in [-0.1, -0.05) is 19.1 Å². The van der Waals surface area contributed by atoms with Gasteiger partial charge in [-0.25, -0.2) is 14.3 Å². The Morgan fingerprint density at radius 1 is 1.06 bits per heavy atom. The average molecular weight is 415 g/mol. The van der Waals surface area contributed by atoms with Gasteiger partial charge in [0.05, 0.1) is 16.6 Å². The number of para-hydroxylation sites is 1. The van der Waals surface area contributed by atoms with Crippen LogP contribution in [0.3, 0.4) is 0 Å². The van der Waals surface area contributed by atoms with Gasteiger partial charge in [0.1, 0.15) is 0 Å². The number of primary amides is 1. The molecule has 8 heteroatoms. The number of carbonyl (C=O) groups excluding carboxylic acids is 1. The molecule has 0 aliphatic rings. The summed E-state index contributed by atoms with van der Waals surface area (Å²) in [5.74, 6) is -0.874. The van der Waals surface area contributed by atoms with Crippen molar-refractivity contribution in [3.05, 3.63) is 98.6 Å². The Hall–Kier alpha value is -4.07. The van der Waals surface area contributed by atoms with Gasteiger partial charge in [0.25, 0.3) is 11.5 Å². The number of fused-ring (bicyclic) bond motifs is 1. The summed E-state index contributed by atoms with van der Waals surface area (Å²) in [6.07, 6.45) is 3.20. The van der Waals surface area contributed by atoms with Gasteiger partial charge in [0.2, 0.25) is 0 Å². The SMILES string of the molecule is Cc1ccnc(C(C)Cn2c(=O)c3cccnc3n(-c3ccccc3C(N)=O)c2=O)c1. The van der Waals surface area contributed by atoms with E-state index in [0.29, 0.717) is 0 Å². The van der Waals surface area contributed by atoms with Crippen LogP contribution in [0, 0.1) is 6.92 Å². The molecule has 2 N–H and O–H groups in total. The van der Waals surface area contributed by atoms with E-state index in [1.807, 2.05) is 26.0 Å². The number of hydrogen-bond acceptors (Lipinski definition) is 5. The third-order valence-corrected chi connectivity index (χ3v) is 5.20. The minimum Gasteiger partial charge on any atom is -0.366 e. The summed E-state index contributed by atoms with van der Waals surface area (Å²) >= 11 is 0. The fourth-order valence-electron chi connectivity index (χ4n) is 3.64. The Morgan fingerprint density at radius 2 is 1.84 bits per heavy atom. The molecule has 31 heavy (non-hydrogen) atoms. The number of nitrogens with two attached hydrogens (primary N) is 1. The smallest absolute Gasteiger partial charge is 0.337 e. The quantitative estimate of drug-likeness (QED) is 0.537. The van der Waals surface area contributed by atoms with Crippen molar-refractivity contribution in [1.29, 1.82) is 0 Å². The van der Waals surface area contributed by atoms with Crippen LogP contribution in [0.5, 0.6) is 0 Å². The van der Waals surface area contributed by atoms with E-state index in [4.69, 9.17) is 5.73 Å². The Labute approximate surface area is 177 Å². The van der Waals surface area contributed by atoms with Crippen molar-refractivity contribution in [3.8, 4) is 5.69 Å². The van der Waals surface area contributed by atoms with Crippen molar-refractivity contribution in [3.63, 3.8) is 0 Å². The van der Waals surface area contributed by atoms with E-state index in [-0.39, 0.29) is 34.7 Å². The van der Waals surface area contributed by atoms with Crippen molar-refractivity contribution in [1.82, 2.24) is 19.1 Å². The van der Waals surface area contributed by atoms with Crippen molar-refractivity contribution < 1.29 is 4.79 Å². The van der Waals surface area contributed by atoms with E-state index in [2.05, 4.69) is 9.97 Å². The van der Waals surface area contributed by atoms with Crippen molar-refractivity contribution in [2.45, 2.75) is 26.3 Å². The Balaban J connectivity index is 1.98. The number of hydrogen-bond donors (Lipinski definition) is 1. The molecule has 0 fully saturated rings. The lowest BCUT2D eigenvalue weighted by Crippen LogP contribution is -2.41. The molecule has 1 atom stereocenters. The molecule has 1 amide bonds. The third-order valence-electron chi connectivity index (χ3n) is 5.20. The lowest BCUT2D eigenvalue weighted by Gasteiger charge is -2.17. The fourth-order valence-corrected chi connectivity index (χ4v) is 3.64. The minimum atomic E-state index is -0.679. The average Bonchev–Trinajstić information content (AvgIpc) is 2.77. The third kappa shape index (κ3) is 3.63. The summed E-state index contributed by atoms with van der Waals surface area (Å²) in [5, 5.41) is 0.269. The number of pyridine rings is 2. The highest BCUT2D eigenvalue weighted by Crippen LogP contribution is 2.18. The van der Waals surface area contributed by atoms with Gasteiger partial charge in [-0.2, -0.15) is 0 Å². The number of aromatic nitrogens is 4. The highest BCUT2D eigenvalue weighted by molar-refractivity contribution is 5.97. The molecule has 0 saturated heterocycles. The lowest BCUT2D eigenvalue weighted by atomic mass is 10.1. The molecule has 0 aliphatic carbocycles. The minimum absolute atomic E-state index is 0.123. The topological polar surface area (TPSA) is 113 Å². The van der Waals surface area contributed by atoms with Crippen LogP contribution in [0.2, 0.25) is 0 Å². The zero-order valence-corrected chi connectivity index (χ0v) is 17.1. The first kappa shape index (κ1) is 20.2. The highest BCUT2D eigenvalue weighted by atomic mass is 16.2. The van der Waals surface area contributed by atoms with Gasteiger partial charge in [0.15, 0.2) is 5.65 Å². The number of rotatable bonds is 5. The van der Waals surface area contributed by atoms with E-state index in [9.17, 15) is 14.4 Å². The molecule has 8 nitrogen and oxygen atoms in total. The normalized spacial score (nSPS) is 12.1. The van der Waals surface area contributed by atoms with Gasteiger partial charge in [-0.05, 0) is 48.9 Å². The second kappa shape index (κ2) is 7.98. The standard InChI is InChI=1S/C23H21N5O3/c1-14-9-11-25-18(12-14)15(2)13-27-22(30)17-7-5-10-26-21(17)28(23(27)31)19-8-4-3-6-16(19)20(24)29/h3-12,15H,13H2,1-2H3,(H2,24,29). The molecule has 0 saturated carbocycles. The fraction of sp³-hybridized carbons (Fsp3) is 0.174. The summed E-state index contributed by atoms with van der Waals surface area (Å²) in [5.41, 5.74) is 6.93. The van der Waals surface area contributed by atoms with Crippen LogP contribution < -0.4 is 17.0 Å². The number of benzene rings is 1. The molecule has 0 spiro atoms. The molecule has 0 bridgehead atoms. The molecule has 4 aromatic rings. The highest BCUT2D eigenvalue weighted by Gasteiger charge is 2.20. The largest absolute Gasteiger partial charge is 0.366 e. The zero-order valence-electron chi connectivity index (χ0n) is 17.1. The van der Waals surface area contributed by atoms with Crippen LogP contribution in [0.15, 0.2) is 70.5 Å². The first-order valence-electron chi connectivity index (χ1n) is 9.81. The number of amides is 1. The maximum atomic E-state index is 13.5. The molecule has 1 unspecified atom stereocenters. The number of carbonyl (C=O) groups is 1. The molecule has 3 aromatic heterocycles. The molecular formula is C23H21N5O3. The summed E-state index contributed by atoms with van der Waals surface area (Å²) in [6, 6.07) is 13.6. The van der Waals surface area contributed by atoms with Crippen molar-refractivity contribution >= 4 is 16.9 Å². The van der Waals surface area contributed by atoms with Crippen LogP contribution in [0.4, 0.5) is 0 Å². The van der Waals surface area contributed by atoms with E-state index >= 15 is 0 Å². The van der Waals surface area contributed by atoms with Gasteiger partial charge >= 0.3 is 5.69 Å². The maximum Gasteiger partial charge on any atom is 0.337 e. The first-order valence-corrected chi connectivity index (χ1v) is 9.81. The monoisotopic (exact) mass is 415 g/mol. The summed E-state index contributed by atoms with van der Waals surface area (Å²) in [4.78, 5) is 47.3. The van der Waals surface area contributed by atoms with Gasteiger partial charge in [-0.3, -0.25) is 19.1 Å². The van der Waals surface area contributed by atoms with Gasteiger partial charge in [-0.15, -0.1) is 0 Å². The molecule has 3 heterocycles. The van der Waals surface area contributed by atoms with Crippen LogP contribution in [0.25, 0.3) is 16.7 Å². The summed E-state index contributed by atoms with van der Waals surface area (Å²) in [7, 11) is 0. The number of nitrogens with zero attached hydrogens (tertiary/aromatic N) is 4.